The first-order chi connectivity index (χ1) is 9.92. The molecule has 0 aliphatic rings. The highest BCUT2D eigenvalue weighted by atomic mass is 32.1. The molecule has 1 aromatic rings. The minimum absolute atomic E-state index is 0.0470. The summed E-state index contributed by atoms with van der Waals surface area (Å²) in [6.45, 7) is 7.16. The van der Waals surface area contributed by atoms with Crippen molar-refractivity contribution in [2.24, 2.45) is 4.99 Å². The molecule has 0 aliphatic heterocycles. The summed E-state index contributed by atoms with van der Waals surface area (Å²) in [5.74, 6) is 0.809. The van der Waals surface area contributed by atoms with Crippen molar-refractivity contribution in [1.82, 2.24) is 20.5 Å². The first-order valence-corrected chi connectivity index (χ1v) is 7.92. The lowest BCUT2D eigenvalue weighted by Gasteiger charge is -2.21. The molecule has 0 bridgehead atoms. The third-order valence-electron chi connectivity index (χ3n) is 2.72. The van der Waals surface area contributed by atoms with Crippen molar-refractivity contribution in [2.75, 3.05) is 20.6 Å². The molecular weight excluding hydrogens is 286 g/mol. The van der Waals surface area contributed by atoms with Gasteiger partial charge in [-0.15, -0.1) is 11.3 Å². The second-order valence-electron chi connectivity index (χ2n) is 5.16. The number of aromatic nitrogens is 1. The van der Waals surface area contributed by atoms with Crippen LogP contribution in [0.2, 0.25) is 0 Å². The number of nitrogens with zero attached hydrogens (tertiary/aromatic N) is 3. The Bertz CT molecular complexity index is 483. The molecule has 1 aromatic heterocycles. The number of hydrogen-bond acceptors (Lipinski definition) is 4. The lowest BCUT2D eigenvalue weighted by atomic mass is 10.3. The fourth-order valence-electron chi connectivity index (χ4n) is 1.87. The second-order valence-corrected chi connectivity index (χ2v) is 6.22. The van der Waals surface area contributed by atoms with Gasteiger partial charge >= 0.3 is 0 Å². The van der Waals surface area contributed by atoms with Crippen LogP contribution in [0.5, 0.6) is 0 Å². The zero-order valence-electron chi connectivity index (χ0n) is 13.4. The quantitative estimate of drug-likeness (QED) is 0.615. The summed E-state index contributed by atoms with van der Waals surface area (Å²) >= 11 is 1.64. The number of hydrogen-bond donors (Lipinski definition) is 2. The lowest BCUT2D eigenvalue weighted by molar-refractivity contribution is -0.121. The Labute approximate surface area is 130 Å². The van der Waals surface area contributed by atoms with E-state index in [-0.39, 0.29) is 11.9 Å². The molecule has 0 saturated carbocycles. The van der Waals surface area contributed by atoms with E-state index in [4.69, 9.17) is 0 Å². The number of aryl methyl sites for hydroxylation is 1. The number of amides is 1. The maximum Gasteiger partial charge on any atom is 0.221 e. The van der Waals surface area contributed by atoms with Gasteiger partial charge in [0, 0.05) is 38.5 Å². The van der Waals surface area contributed by atoms with Crippen LogP contribution < -0.4 is 10.6 Å². The van der Waals surface area contributed by atoms with Gasteiger partial charge in [-0.25, -0.2) is 4.98 Å². The summed E-state index contributed by atoms with van der Waals surface area (Å²) in [5.41, 5.74) is 1.03. The van der Waals surface area contributed by atoms with Gasteiger partial charge in [0.1, 0.15) is 0 Å². The molecule has 0 spiro atoms. The average Bonchev–Trinajstić information content (AvgIpc) is 2.79. The lowest BCUT2D eigenvalue weighted by Crippen LogP contribution is -2.40. The SMILES string of the molecule is CN=C(NCCC(=O)NC(C)C)N(C)Cc1csc(C)n1. The van der Waals surface area contributed by atoms with E-state index >= 15 is 0 Å². The molecule has 1 heterocycles. The van der Waals surface area contributed by atoms with E-state index in [1.807, 2.05) is 32.7 Å². The molecule has 118 valence electrons. The van der Waals surface area contributed by atoms with Gasteiger partial charge in [-0.1, -0.05) is 0 Å². The third kappa shape index (κ3) is 6.57. The molecule has 6 nitrogen and oxygen atoms in total. The molecule has 1 amide bonds. The van der Waals surface area contributed by atoms with Gasteiger partial charge in [-0.05, 0) is 20.8 Å². The highest BCUT2D eigenvalue weighted by Gasteiger charge is 2.09. The molecule has 7 heteroatoms. The van der Waals surface area contributed by atoms with E-state index in [0.29, 0.717) is 19.5 Å². The van der Waals surface area contributed by atoms with Gasteiger partial charge in [0.05, 0.1) is 17.2 Å². The Morgan fingerprint density at radius 3 is 2.76 bits per heavy atom. The zero-order chi connectivity index (χ0) is 15.8. The van der Waals surface area contributed by atoms with Crippen LogP contribution in [-0.2, 0) is 11.3 Å². The molecular formula is C14H25N5OS. The summed E-state index contributed by atoms with van der Waals surface area (Å²) < 4.78 is 0. The van der Waals surface area contributed by atoms with Crippen molar-refractivity contribution in [1.29, 1.82) is 0 Å². The smallest absolute Gasteiger partial charge is 0.221 e. The van der Waals surface area contributed by atoms with Gasteiger partial charge in [-0.2, -0.15) is 0 Å². The van der Waals surface area contributed by atoms with Crippen molar-refractivity contribution in [3.05, 3.63) is 16.1 Å². The average molecular weight is 311 g/mol. The van der Waals surface area contributed by atoms with Crippen molar-refractivity contribution in [3.8, 4) is 0 Å². The molecule has 21 heavy (non-hydrogen) atoms. The molecule has 0 saturated heterocycles. The minimum atomic E-state index is 0.0470. The fourth-order valence-corrected chi connectivity index (χ4v) is 2.47. The van der Waals surface area contributed by atoms with Crippen LogP contribution in [0.25, 0.3) is 0 Å². The van der Waals surface area contributed by atoms with Gasteiger partial charge in [0.15, 0.2) is 5.96 Å². The summed E-state index contributed by atoms with van der Waals surface area (Å²) in [7, 11) is 3.69. The molecule has 0 aromatic carbocycles. The Hall–Kier alpha value is -1.63. The van der Waals surface area contributed by atoms with Crippen molar-refractivity contribution in [3.63, 3.8) is 0 Å². The number of thiazole rings is 1. The topological polar surface area (TPSA) is 69.6 Å². The Morgan fingerprint density at radius 1 is 1.52 bits per heavy atom. The van der Waals surface area contributed by atoms with E-state index in [2.05, 4.69) is 26.0 Å². The van der Waals surface area contributed by atoms with E-state index in [1.54, 1.807) is 18.4 Å². The molecule has 0 fully saturated rings. The first-order valence-electron chi connectivity index (χ1n) is 7.04. The molecule has 0 atom stereocenters. The summed E-state index contributed by atoms with van der Waals surface area (Å²) in [5, 5.41) is 9.17. The van der Waals surface area contributed by atoms with Crippen molar-refractivity contribution < 1.29 is 4.79 Å². The monoisotopic (exact) mass is 311 g/mol. The Morgan fingerprint density at radius 2 is 2.24 bits per heavy atom. The predicted octanol–water partition coefficient (Wildman–Crippen LogP) is 1.37. The Balaban J connectivity index is 2.39. The second kappa shape index (κ2) is 8.61. The largest absolute Gasteiger partial charge is 0.356 e. The number of carbonyl (C=O) groups is 1. The number of nitrogens with one attached hydrogen (secondary N) is 2. The van der Waals surface area contributed by atoms with Crippen LogP contribution in [0.15, 0.2) is 10.4 Å². The van der Waals surface area contributed by atoms with Crippen LogP contribution in [0.1, 0.15) is 31.0 Å². The Kier molecular flexibility index (Phi) is 7.14. The predicted molar refractivity (Wildman–Crippen MR) is 87.6 cm³/mol. The number of rotatable bonds is 6. The number of aliphatic imine (C=N–C) groups is 1. The van der Waals surface area contributed by atoms with Crippen molar-refractivity contribution >= 4 is 23.2 Å². The van der Waals surface area contributed by atoms with Gasteiger partial charge in [0.25, 0.3) is 0 Å². The summed E-state index contributed by atoms with van der Waals surface area (Å²) in [4.78, 5) is 22.2. The van der Waals surface area contributed by atoms with Gasteiger partial charge in [0.2, 0.25) is 5.91 Å². The molecule has 0 aliphatic carbocycles. The zero-order valence-corrected chi connectivity index (χ0v) is 14.3. The van der Waals surface area contributed by atoms with Crippen LogP contribution in [0.3, 0.4) is 0 Å². The highest BCUT2D eigenvalue weighted by Crippen LogP contribution is 2.09. The number of guanidine groups is 1. The van der Waals surface area contributed by atoms with Crippen LogP contribution in [0, 0.1) is 6.92 Å². The number of carbonyl (C=O) groups excluding carboxylic acids is 1. The van der Waals surface area contributed by atoms with Crippen molar-refractivity contribution in [2.45, 2.75) is 39.8 Å². The van der Waals surface area contributed by atoms with Crippen LogP contribution in [0.4, 0.5) is 0 Å². The van der Waals surface area contributed by atoms with Gasteiger partial charge < -0.3 is 15.5 Å². The standard InChI is InChI=1S/C14H25N5OS/c1-10(2)17-13(20)6-7-16-14(15-4)19(5)8-12-9-21-11(3)18-12/h9-10H,6-8H2,1-5H3,(H,15,16)(H,17,20). The summed E-state index contributed by atoms with van der Waals surface area (Å²) in [6.07, 6.45) is 0.431. The van der Waals surface area contributed by atoms with Crippen LogP contribution >= 0.6 is 11.3 Å². The maximum absolute atomic E-state index is 11.6. The molecule has 1 rings (SSSR count). The third-order valence-corrected chi connectivity index (χ3v) is 3.55. The highest BCUT2D eigenvalue weighted by molar-refractivity contribution is 7.09. The first kappa shape index (κ1) is 17.4. The summed E-state index contributed by atoms with van der Waals surface area (Å²) in [6, 6.07) is 0.174. The van der Waals surface area contributed by atoms with E-state index in [9.17, 15) is 4.79 Å². The fraction of sp³-hybridized carbons (Fsp3) is 0.643. The normalized spacial score (nSPS) is 11.6. The molecule has 0 radical (unpaired) electrons. The van der Waals surface area contributed by atoms with Gasteiger partial charge in [-0.3, -0.25) is 9.79 Å². The van der Waals surface area contributed by atoms with E-state index in [1.165, 1.54) is 0 Å². The van der Waals surface area contributed by atoms with E-state index in [0.717, 1.165) is 16.7 Å². The minimum Gasteiger partial charge on any atom is -0.356 e. The molecule has 2 N–H and O–H groups in total. The maximum atomic E-state index is 11.6. The van der Waals surface area contributed by atoms with Crippen LogP contribution in [-0.4, -0.2) is 48.4 Å². The molecule has 0 unspecified atom stereocenters. The van der Waals surface area contributed by atoms with E-state index < -0.39 is 0 Å².